The standard InChI is InChI=1S/C8H11N3O3/c1-5(8(13)14-2)11-7(12)6-3-9-10-4-6/h3-5H,1-2H3,(H,9,10)(H,11,12)/t5-/m0/s1. The first-order valence-electron chi connectivity index (χ1n) is 4.02. The van der Waals surface area contributed by atoms with Crippen LogP contribution in [0.25, 0.3) is 0 Å². The molecule has 1 aromatic heterocycles. The summed E-state index contributed by atoms with van der Waals surface area (Å²) in [5.41, 5.74) is 0.376. The van der Waals surface area contributed by atoms with Gasteiger partial charge in [0.05, 0.1) is 18.9 Å². The minimum atomic E-state index is -0.664. The highest BCUT2D eigenvalue weighted by atomic mass is 16.5. The first-order valence-corrected chi connectivity index (χ1v) is 4.02. The van der Waals surface area contributed by atoms with Crippen LogP contribution >= 0.6 is 0 Å². The van der Waals surface area contributed by atoms with Crippen molar-refractivity contribution in [3.63, 3.8) is 0 Å². The fraction of sp³-hybridized carbons (Fsp3) is 0.375. The Labute approximate surface area is 80.6 Å². The van der Waals surface area contributed by atoms with Gasteiger partial charge in [-0.15, -0.1) is 0 Å². The average molecular weight is 197 g/mol. The topological polar surface area (TPSA) is 84.1 Å². The van der Waals surface area contributed by atoms with Gasteiger partial charge in [0.15, 0.2) is 0 Å². The summed E-state index contributed by atoms with van der Waals surface area (Å²) in [6.45, 7) is 1.55. The second-order valence-electron chi connectivity index (χ2n) is 2.71. The van der Waals surface area contributed by atoms with E-state index in [1.807, 2.05) is 0 Å². The van der Waals surface area contributed by atoms with E-state index in [1.54, 1.807) is 6.92 Å². The summed E-state index contributed by atoms with van der Waals surface area (Å²) in [5, 5.41) is 8.57. The lowest BCUT2D eigenvalue weighted by molar-refractivity contribution is -0.142. The number of aromatic amines is 1. The maximum atomic E-state index is 11.4. The zero-order valence-electron chi connectivity index (χ0n) is 7.90. The van der Waals surface area contributed by atoms with Crippen molar-refractivity contribution in [2.45, 2.75) is 13.0 Å². The Kier molecular flexibility index (Phi) is 3.22. The molecule has 1 aromatic rings. The molecule has 0 bridgehead atoms. The fourth-order valence-electron chi connectivity index (χ4n) is 0.891. The van der Waals surface area contributed by atoms with E-state index in [2.05, 4.69) is 20.3 Å². The van der Waals surface area contributed by atoms with Crippen molar-refractivity contribution in [2.24, 2.45) is 0 Å². The quantitative estimate of drug-likeness (QED) is 0.651. The Balaban J connectivity index is 2.53. The van der Waals surface area contributed by atoms with Gasteiger partial charge >= 0.3 is 5.97 Å². The van der Waals surface area contributed by atoms with Crippen LogP contribution in [0.15, 0.2) is 12.4 Å². The number of H-pyrrole nitrogens is 1. The molecule has 1 amide bonds. The molecule has 1 rings (SSSR count). The maximum absolute atomic E-state index is 11.4. The van der Waals surface area contributed by atoms with Gasteiger partial charge in [0.1, 0.15) is 6.04 Å². The van der Waals surface area contributed by atoms with E-state index in [0.717, 1.165) is 0 Å². The van der Waals surface area contributed by atoms with Crippen LogP contribution in [-0.4, -0.2) is 35.2 Å². The van der Waals surface area contributed by atoms with Crippen molar-refractivity contribution in [2.75, 3.05) is 7.11 Å². The van der Waals surface area contributed by atoms with Gasteiger partial charge in [-0.3, -0.25) is 9.89 Å². The highest BCUT2D eigenvalue weighted by Crippen LogP contribution is 1.95. The van der Waals surface area contributed by atoms with Gasteiger partial charge < -0.3 is 10.1 Å². The Morgan fingerprint density at radius 3 is 2.86 bits per heavy atom. The summed E-state index contributed by atoms with van der Waals surface area (Å²) < 4.78 is 4.45. The predicted molar refractivity (Wildman–Crippen MR) is 47.5 cm³/mol. The smallest absolute Gasteiger partial charge is 0.328 e. The Bertz CT molecular complexity index is 321. The molecule has 76 valence electrons. The Morgan fingerprint density at radius 1 is 1.64 bits per heavy atom. The second-order valence-corrected chi connectivity index (χ2v) is 2.71. The van der Waals surface area contributed by atoms with Crippen LogP contribution in [0.4, 0.5) is 0 Å². The van der Waals surface area contributed by atoms with E-state index in [1.165, 1.54) is 19.5 Å². The molecular formula is C8H11N3O3. The summed E-state index contributed by atoms with van der Waals surface area (Å²) >= 11 is 0. The number of rotatable bonds is 3. The lowest BCUT2D eigenvalue weighted by Crippen LogP contribution is -2.38. The van der Waals surface area contributed by atoms with Crippen molar-refractivity contribution in [3.05, 3.63) is 18.0 Å². The number of esters is 1. The van der Waals surface area contributed by atoms with E-state index in [0.29, 0.717) is 5.56 Å². The molecule has 0 aliphatic heterocycles. The molecule has 1 atom stereocenters. The van der Waals surface area contributed by atoms with E-state index in [9.17, 15) is 9.59 Å². The number of nitrogens with one attached hydrogen (secondary N) is 2. The summed E-state index contributed by atoms with van der Waals surface area (Å²) in [5.74, 6) is -0.849. The molecule has 0 radical (unpaired) electrons. The molecule has 6 heteroatoms. The minimum absolute atomic E-state index is 0.364. The molecule has 0 aliphatic rings. The van der Waals surface area contributed by atoms with Crippen molar-refractivity contribution < 1.29 is 14.3 Å². The molecule has 0 aromatic carbocycles. The van der Waals surface area contributed by atoms with Crippen LogP contribution in [-0.2, 0) is 9.53 Å². The summed E-state index contributed by atoms with van der Waals surface area (Å²) in [6, 6.07) is -0.664. The number of amides is 1. The zero-order chi connectivity index (χ0) is 10.6. The molecule has 0 aliphatic carbocycles. The number of ether oxygens (including phenoxy) is 1. The van der Waals surface area contributed by atoms with Gasteiger partial charge in [0.2, 0.25) is 0 Å². The van der Waals surface area contributed by atoms with Gasteiger partial charge in [-0.1, -0.05) is 0 Å². The molecule has 1 heterocycles. The molecule has 0 saturated carbocycles. The first-order chi connectivity index (χ1) is 6.65. The number of methoxy groups -OCH3 is 1. The zero-order valence-corrected chi connectivity index (χ0v) is 7.90. The number of carbonyl (C=O) groups excluding carboxylic acids is 2. The molecule has 0 unspecified atom stereocenters. The van der Waals surface area contributed by atoms with E-state index in [4.69, 9.17) is 0 Å². The van der Waals surface area contributed by atoms with Gasteiger partial charge in [-0.05, 0) is 6.92 Å². The monoisotopic (exact) mass is 197 g/mol. The van der Waals surface area contributed by atoms with Crippen molar-refractivity contribution in [1.82, 2.24) is 15.5 Å². The SMILES string of the molecule is COC(=O)[C@H](C)NC(=O)c1cn[nH]c1. The minimum Gasteiger partial charge on any atom is -0.467 e. The van der Waals surface area contributed by atoms with Crippen LogP contribution in [0.3, 0.4) is 0 Å². The van der Waals surface area contributed by atoms with Gasteiger partial charge in [-0.2, -0.15) is 5.10 Å². The van der Waals surface area contributed by atoms with Crippen molar-refractivity contribution in [3.8, 4) is 0 Å². The molecule has 2 N–H and O–H groups in total. The van der Waals surface area contributed by atoms with Crippen molar-refractivity contribution in [1.29, 1.82) is 0 Å². The summed E-state index contributed by atoms with van der Waals surface area (Å²) in [4.78, 5) is 22.3. The normalized spacial score (nSPS) is 11.9. The predicted octanol–water partition coefficient (Wildman–Crippen LogP) is -0.299. The largest absolute Gasteiger partial charge is 0.467 e. The third-order valence-corrected chi connectivity index (χ3v) is 1.66. The second kappa shape index (κ2) is 4.40. The van der Waals surface area contributed by atoms with E-state index >= 15 is 0 Å². The van der Waals surface area contributed by atoms with Crippen LogP contribution in [0, 0.1) is 0 Å². The summed E-state index contributed by atoms with van der Waals surface area (Å²) in [7, 11) is 1.27. The number of carbonyl (C=O) groups is 2. The number of hydrogen-bond acceptors (Lipinski definition) is 4. The molecular weight excluding hydrogens is 186 g/mol. The van der Waals surface area contributed by atoms with E-state index in [-0.39, 0.29) is 5.91 Å². The van der Waals surface area contributed by atoms with Crippen LogP contribution in [0.2, 0.25) is 0 Å². The van der Waals surface area contributed by atoms with Gasteiger partial charge in [0, 0.05) is 6.20 Å². The maximum Gasteiger partial charge on any atom is 0.328 e. The van der Waals surface area contributed by atoms with Crippen LogP contribution in [0.5, 0.6) is 0 Å². The third-order valence-electron chi connectivity index (χ3n) is 1.66. The highest BCUT2D eigenvalue weighted by Gasteiger charge is 2.16. The third kappa shape index (κ3) is 2.32. The average Bonchev–Trinajstić information content (AvgIpc) is 2.69. The molecule has 14 heavy (non-hydrogen) atoms. The number of aromatic nitrogens is 2. The molecule has 0 saturated heterocycles. The number of nitrogens with zero attached hydrogens (tertiary/aromatic N) is 1. The lowest BCUT2D eigenvalue weighted by Gasteiger charge is -2.09. The van der Waals surface area contributed by atoms with Gasteiger partial charge in [0.25, 0.3) is 5.91 Å². The number of hydrogen-bond donors (Lipinski definition) is 2. The fourth-order valence-corrected chi connectivity index (χ4v) is 0.891. The highest BCUT2D eigenvalue weighted by molar-refractivity contribution is 5.96. The summed E-state index contributed by atoms with van der Waals surface area (Å²) in [6.07, 6.45) is 2.82. The lowest BCUT2D eigenvalue weighted by atomic mass is 10.3. The molecule has 6 nitrogen and oxygen atoms in total. The Hall–Kier alpha value is -1.85. The molecule has 0 spiro atoms. The van der Waals surface area contributed by atoms with Gasteiger partial charge in [-0.25, -0.2) is 4.79 Å². The van der Waals surface area contributed by atoms with Crippen molar-refractivity contribution >= 4 is 11.9 Å². The Morgan fingerprint density at radius 2 is 2.36 bits per heavy atom. The first kappa shape index (κ1) is 10.2. The molecule has 0 fully saturated rings. The van der Waals surface area contributed by atoms with Crippen LogP contribution in [0.1, 0.15) is 17.3 Å². The van der Waals surface area contributed by atoms with E-state index < -0.39 is 12.0 Å². The van der Waals surface area contributed by atoms with Crippen LogP contribution < -0.4 is 5.32 Å².